The van der Waals surface area contributed by atoms with E-state index < -0.39 is 0 Å². The van der Waals surface area contributed by atoms with Gasteiger partial charge in [-0.15, -0.1) is 5.92 Å². The summed E-state index contributed by atoms with van der Waals surface area (Å²) >= 11 is 0. The van der Waals surface area contributed by atoms with Crippen molar-refractivity contribution in [3.63, 3.8) is 0 Å². The molecule has 0 spiro atoms. The highest BCUT2D eigenvalue weighted by atomic mass is 17.3. The van der Waals surface area contributed by atoms with Crippen molar-refractivity contribution in [1.29, 1.82) is 0 Å². The monoisotopic (exact) mass is 224 g/mol. The van der Waals surface area contributed by atoms with Gasteiger partial charge in [-0.3, -0.25) is 0 Å². The van der Waals surface area contributed by atoms with Crippen LogP contribution in [-0.2, 0) is 9.78 Å². The molecule has 1 atom stereocenters. The lowest BCUT2D eigenvalue weighted by Gasteiger charge is -2.59. The fourth-order valence-corrected chi connectivity index (χ4v) is 2.67. The Balaban J connectivity index is 3.09. The van der Waals surface area contributed by atoms with Gasteiger partial charge in [0.2, 0.25) is 0 Å². The van der Waals surface area contributed by atoms with Gasteiger partial charge in [0.25, 0.3) is 0 Å². The van der Waals surface area contributed by atoms with Crippen molar-refractivity contribution >= 4 is 0 Å². The summed E-state index contributed by atoms with van der Waals surface area (Å²) in [4.78, 5) is 10.8. The maximum absolute atomic E-state index is 5.55. The van der Waals surface area contributed by atoms with Crippen LogP contribution in [0.25, 0.3) is 0 Å². The molecule has 1 aliphatic heterocycles. The largest absolute Gasteiger partial charge is 0.224 e. The van der Waals surface area contributed by atoms with Crippen LogP contribution >= 0.6 is 0 Å². The topological polar surface area (TPSA) is 18.5 Å². The molecule has 1 heterocycles. The molecule has 2 nitrogen and oxygen atoms in total. The van der Waals surface area contributed by atoms with E-state index in [4.69, 9.17) is 9.78 Å². The van der Waals surface area contributed by atoms with Crippen molar-refractivity contribution in [1.82, 2.24) is 0 Å². The van der Waals surface area contributed by atoms with Gasteiger partial charge >= 0.3 is 0 Å². The zero-order valence-electron chi connectivity index (χ0n) is 11.6. The van der Waals surface area contributed by atoms with Crippen LogP contribution in [-0.4, -0.2) is 11.7 Å². The molecule has 1 rings (SSSR count). The molecule has 0 aromatic rings. The molecule has 1 unspecified atom stereocenters. The van der Waals surface area contributed by atoms with E-state index in [0.717, 1.165) is 6.42 Å². The molecule has 0 N–H and O–H groups in total. The third-order valence-corrected chi connectivity index (χ3v) is 3.28. The second-order valence-corrected chi connectivity index (χ2v) is 6.47. The van der Waals surface area contributed by atoms with Gasteiger partial charge in [-0.25, -0.2) is 9.78 Å². The van der Waals surface area contributed by atoms with E-state index in [-0.39, 0.29) is 22.5 Å². The molecular weight excluding hydrogens is 200 g/mol. The molecular formula is C14H24O2. The molecule has 1 aliphatic rings. The average Bonchev–Trinajstić information content (AvgIpc) is 1.97. The Morgan fingerprint density at radius 1 is 1.06 bits per heavy atom. The Morgan fingerprint density at radius 3 is 1.81 bits per heavy atom. The highest BCUT2D eigenvalue weighted by Crippen LogP contribution is 2.55. The predicted molar refractivity (Wildman–Crippen MR) is 65.7 cm³/mol. The van der Waals surface area contributed by atoms with Crippen molar-refractivity contribution in [3.05, 3.63) is 0 Å². The summed E-state index contributed by atoms with van der Waals surface area (Å²) in [7, 11) is 0. The minimum atomic E-state index is -0.331. The van der Waals surface area contributed by atoms with Gasteiger partial charge in [0, 0.05) is 6.42 Å². The molecule has 0 radical (unpaired) electrons. The molecule has 0 aromatic heterocycles. The number of hydrogen-bond donors (Lipinski definition) is 0. The fraction of sp³-hybridized carbons (Fsp3) is 0.857. The summed E-state index contributed by atoms with van der Waals surface area (Å²) in [5.74, 6) is 6.27. The molecule has 16 heavy (non-hydrogen) atoms. The maximum atomic E-state index is 5.55. The van der Waals surface area contributed by atoms with Crippen LogP contribution in [0.4, 0.5) is 0 Å². The summed E-state index contributed by atoms with van der Waals surface area (Å²) in [5.41, 5.74) is -0.338. The van der Waals surface area contributed by atoms with Crippen LogP contribution in [0, 0.1) is 22.7 Å². The van der Waals surface area contributed by atoms with Gasteiger partial charge < -0.3 is 0 Å². The Bertz CT molecular complexity index is 292. The fourth-order valence-electron chi connectivity index (χ4n) is 2.67. The van der Waals surface area contributed by atoms with Crippen molar-refractivity contribution in [2.45, 2.75) is 66.6 Å². The second kappa shape index (κ2) is 4.05. The summed E-state index contributed by atoms with van der Waals surface area (Å²) in [6, 6.07) is 0. The zero-order valence-corrected chi connectivity index (χ0v) is 11.6. The minimum Gasteiger partial charge on any atom is -0.224 e. The number of rotatable bonds is 0. The zero-order chi connectivity index (χ0) is 12.6. The highest BCUT2D eigenvalue weighted by molar-refractivity contribution is 5.21. The quantitative estimate of drug-likeness (QED) is 0.462. The van der Waals surface area contributed by atoms with Gasteiger partial charge in [0.1, 0.15) is 0 Å². The summed E-state index contributed by atoms with van der Waals surface area (Å²) in [5, 5.41) is 0. The minimum absolute atomic E-state index is 0.00338. The Morgan fingerprint density at radius 2 is 1.56 bits per heavy atom. The van der Waals surface area contributed by atoms with E-state index in [1.165, 1.54) is 0 Å². The Labute approximate surface area is 99.6 Å². The SMILES string of the molecule is CCC#CC1OOC1(C(C)(C)C)C(C)(C)C. The van der Waals surface area contributed by atoms with Gasteiger partial charge in [-0.05, 0) is 10.8 Å². The Kier molecular flexibility index (Phi) is 3.43. The molecule has 0 amide bonds. The van der Waals surface area contributed by atoms with Crippen molar-refractivity contribution < 1.29 is 9.78 Å². The smallest absolute Gasteiger partial charge is 0.186 e. The summed E-state index contributed by atoms with van der Waals surface area (Å²) in [6.07, 6.45) is 0.733. The molecule has 1 saturated heterocycles. The van der Waals surface area contributed by atoms with Gasteiger partial charge in [-0.1, -0.05) is 54.4 Å². The van der Waals surface area contributed by atoms with E-state index in [1.54, 1.807) is 0 Å². The average molecular weight is 224 g/mol. The van der Waals surface area contributed by atoms with Crippen LogP contribution in [0.15, 0.2) is 0 Å². The molecule has 1 fully saturated rings. The van der Waals surface area contributed by atoms with Gasteiger partial charge in [0.05, 0.1) is 0 Å². The molecule has 0 saturated carbocycles. The summed E-state index contributed by atoms with van der Waals surface area (Å²) in [6.45, 7) is 15.1. The first kappa shape index (κ1) is 13.5. The highest BCUT2D eigenvalue weighted by Gasteiger charge is 2.65. The molecule has 0 aliphatic carbocycles. The molecule has 2 heteroatoms. The van der Waals surface area contributed by atoms with Crippen LogP contribution < -0.4 is 0 Å². The first-order chi connectivity index (χ1) is 7.17. The van der Waals surface area contributed by atoms with E-state index in [0.29, 0.717) is 0 Å². The summed E-state index contributed by atoms with van der Waals surface area (Å²) < 4.78 is 0. The lowest BCUT2D eigenvalue weighted by molar-refractivity contribution is -0.537. The van der Waals surface area contributed by atoms with E-state index >= 15 is 0 Å². The van der Waals surface area contributed by atoms with E-state index in [2.05, 4.69) is 53.4 Å². The van der Waals surface area contributed by atoms with Crippen molar-refractivity contribution in [3.8, 4) is 11.8 Å². The lowest BCUT2D eigenvalue weighted by atomic mass is 9.59. The van der Waals surface area contributed by atoms with Gasteiger partial charge in [0.15, 0.2) is 11.7 Å². The molecule has 0 bridgehead atoms. The molecule has 92 valence electrons. The van der Waals surface area contributed by atoms with E-state index in [9.17, 15) is 0 Å². The molecule has 0 aromatic carbocycles. The van der Waals surface area contributed by atoms with Crippen LogP contribution in [0.1, 0.15) is 54.9 Å². The first-order valence-corrected chi connectivity index (χ1v) is 5.99. The predicted octanol–water partition coefficient (Wildman–Crippen LogP) is 3.56. The van der Waals surface area contributed by atoms with E-state index in [1.807, 2.05) is 6.92 Å². The van der Waals surface area contributed by atoms with Gasteiger partial charge in [-0.2, -0.15) is 0 Å². The second-order valence-electron chi connectivity index (χ2n) is 6.47. The standard InChI is InChI=1S/C14H24O2/c1-8-9-10-11-14(16-15-11,12(2,3)4)13(5,6)7/h11H,8H2,1-7H3. The third kappa shape index (κ3) is 1.87. The number of hydrogen-bond acceptors (Lipinski definition) is 2. The maximum Gasteiger partial charge on any atom is 0.186 e. The van der Waals surface area contributed by atoms with Crippen LogP contribution in [0.2, 0.25) is 0 Å². The Hall–Kier alpha value is -0.520. The van der Waals surface area contributed by atoms with Crippen LogP contribution in [0.5, 0.6) is 0 Å². The van der Waals surface area contributed by atoms with Crippen molar-refractivity contribution in [2.75, 3.05) is 0 Å². The van der Waals surface area contributed by atoms with Crippen molar-refractivity contribution in [2.24, 2.45) is 10.8 Å². The van der Waals surface area contributed by atoms with Crippen LogP contribution in [0.3, 0.4) is 0 Å². The normalized spacial score (nSPS) is 24.3. The third-order valence-electron chi connectivity index (χ3n) is 3.28. The first-order valence-electron chi connectivity index (χ1n) is 5.99. The lowest BCUT2D eigenvalue weighted by Crippen LogP contribution is -2.69.